The molecule has 0 fully saturated rings. The number of nitrogens with zero attached hydrogens (tertiary/aromatic N) is 1. The Labute approximate surface area is 182 Å². The molecule has 0 unspecified atom stereocenters. The largest absolute Gasteiger partial charge is 0.351 e. The Morgan fingerprint density at radius 2 is 1.86 bits per heavy atom. The van der Waals surface area contributed by atoms with E-state index in [2.05, 4.69) is 31.5 Å². The molecule has 0 spiro atoms. The lowest BCUT2D eigenvalue weighted by molar-refractivity contribution is -0.116. The number of halogens is 1. The highest BCUT2D eigenvalue weighted by atomic mass is 79.9. The Hall–Kier alpha value is -2.51. The number of rotatable bonds is 7. The van der Waals surface area contributed by atoms with Crippen molar-refractivity contribution in [3.63, 3.8) is 0 Å². The fourth-order valence-electron chi connectivity index (χ4n) is 2.82. The van der Waals surface area contributed by atoms with E-state index in [0.717, 1.165) is 26.3 Å². The van der Waals surface area contributed by atoms with Gasteiger partial charge in [-0.1, -0.05) is 52.3 Å². The van der Waals surface area contributed by atoms with Crippen LogP contribution in [0.5, 0.6) is 0 Å². The Bertz CT molecular complexity index is 1020. The lowest BCUT2D eigenvalue weighted by Gasteiger charge is -2.09. The first-order valence-electron chi connectivity index (χ1n) is 9.27. The molecule has 5 nitrogen and oxygen atoms in total. The van der Waals surface area contributed by atoms with Crippen molar-refractivity contribution in [1.29, 1.82) is 0 Å². The van der Waals surface area contributed by atoms with Crippen molar-refractivity contribution >= 4 is 44.8 Å². The van der Waals surface area contributed by atoms with Gasteiger partial charge in [-0.15, -0.1) is 11.3 Å². The summed E-state index contributed by atoms with van der Waals surface area (Å²) < 4.78 is 0.902. The molecule has 2 amide bonds. The van der Waals surface area contributed by atoms with Crippen LogP contribution in [0.25, 0.3) is 0 Å². The summed E-state index contributed by atoms with van der Waals surface area (Å²) in [6, 6.07) is 15.8. The SMILES string of the molecule is Cc1ccc(Br)cc1NC(=O)CCNC(=O)c1sc(Cc2ccccc2)nc1C. The average molecular weight is 472 g/mol. The Balaban J connectivity index is 1.51. The van der Waals surface area contributed by atoms with Crippen LogP contribution in [0.4, 0.5) is 5.69 Å². The molecule has 1 aromatic heterocycles. The number of anilines is 1. The molecule has 0 saturated carbocycles. The lowest BCUT2D eigenvalue weighted by atomic mass is 10.2. The first-order chi connectivity index (χ1) is 13.9. The van der Waals surface area contributed by atoms with Gasteiger partial charge in [0, 0.05) is 29.5 Å². The number of nitrogens with one attached hydrogen (secondary N) is 2. The van der Waals surface area contributed by atoms with Crippen LogP contribution >= 0.6 is 27.3 Å². The normalized spacial score (nSPS) is 10.6. The third kappa shape index (κ3) is 5.98. The van der Waals surface area contributed by atoms with Gasteiger partial charge < -0.3 is 10.6 Å². The zero-order chi connectivity index (χ0) is 20.8. The van der Waals surface area contributed by atoms with Gasteiger partial charge in [-0.05, 0) is 37.1 Å². The van der Waals surface area contributed by atoms with Crippen molar-refractivity contribution in [3.8, 4) is 0 Å². The zero-order valence-corrected chi connectivity index (χ0v) is 18.7. The molecule has 0 aliphatic heterocycles. The van der Waals surface area contributed by atoms with E-state index < -0.39 is 0 Å². The van der Waals surface area contributed by atoms with Crippen LogP contribution < -0.4 is 10.6 Å². The summed E-state index contributed by atoms with van der Waals surface area (Å²) in [5.41, 5.74) is 3.62. The van der Waals surface area contributed by atoms with E-state index in [1.807, 2.05) is 62.4 Å². The van der Waals surface area contributed by atoms with E-state index >= 15 is 0 Å². The van der Waals surface area contributed by atoms with Gasteiger partial charge in [0.15, 0.2) is 0 Å². The molecule has 2 aromatic carbocycles. The molecule has 0 atom stereocenters. The zero-order valence-electron chi connectivity index (χ0n) is 16.3. The van der Waals surface area contributed by atoms with Crippen LogP contribution in [0.3, 0.4) is 0 Å². The maximum Gasteiger partial charge on any atom is 0.263 e. The molecule has 29 heavy (non-hydrogen) atoms. The minimum Gasteiger partial charge on any atom is -0.351 e. The van der Waals surface area contributed by atoms with Crippen molar-refractivity contribution in [2.45, 2.75) is 26.7 Å². The fraction of sp³-hybridized carbons (Fsp3) is 0.227. The molecule has 2 N–H and O–H groups in total. The molecule has 7 heteroatoms. The molecule has 0 saturated heterocycles. The summed E-state index contributed by atoms with van der Waals surface area (Å²) in [5, 5.41) is 6.60. The first-order valence-corrected chi connectivity index (χ1v) is 10.9. The molecule has 1 heterocycles. The summed E-state index contributed by atoms with van der Waals surface area (Å²) >= 11 is 4.80. The fourth-order valence-corrected chi connectivity index (χ4v) is 4.20. The van der Waals surface area contributed by atoms with E-state index in [9.17, 15) is 9.59 Å². The summed E-state index contributed by atoms with van der Waals surface area (Å²) in [6.07, 6.45) is 0.903. The Kier molecular flexibility index (Phi) is 7.17. The average Bonchev–Trinajstić information content (AvgIpc) is 3.05. The minimum atomic E-state index is -0.189. The van der Waals surface area contributed by atoms with Crippen LogP contribution in [0.15, 0.2) is 53.0 Å². The van der Waals surface area contributed by atoms with Gasteiger partial charge in [0.05, 0.1) is 10.7 Å². The Morgan fingerprint density at radius 1 is 1.10 bits per heavy atom. The number of hydrogen-bond acceptors (Lipinski definition) is 4. The molecule has 0 aliphatic rings. The monoisotopic (exact) mass is 471 g/mol. The highest BCUT2D eigenvalue weighted by Crippen LogP contribution is 2.22. The summed E-state index contributed by atoms with van der Waals surface area (Å²) in [6.45, 7) is 4.04. The van der Waals surface area contributed by atoms with Gasteiger partial charge in [-0.2, -0.15) is 0 Å². The number of carbonyl (C=O) groups excluding carboxylic acids is 2. The summed E-state index contributed by atoms with van der Waals surface area (Å²) in [4.78, 5) is 29.8. The van der Waals surface area contributed by atoms with Crippen molar-refractivity contribution in [3.05, 3.63) is 79.7 Å². The van der Waals surface area contributed by atoms with Gasteiger partial charge >= 0.3 is 0 Å². The molecular formula is C22H22BrN3O2S. The molecular weight excluding hydrogens is 450 g/mol. The van der Waals surface area contributed by atoms with Crippen LogP contribution in [0, 0.1) is 13.8 Å². The van der Waals surface area contributed by atoms with Gasteiger partial charge in [0.1, 0.15) is 4.88 Å². The highest BCUT2D eigenvalue weighted by molar-refractivity contribution is 9.10. The molecule has 0 radical (unpaired) electrons. The second kappa shape index (κ2) is 9.80. The van der Waals surface area contributed by atoms with Crippen LogP contribution in [-0.4, -0.2) is 23.3 Å². The number of carbonyl (C=O) groups is 2. The Morgan fingerprint density at radius 3 is 2.62 bits per heavy atom. The predicted octanol–water partition coefficient (Wildman–Crippen LogP) is 4.87. The smallest absolute Gasteiger partial charge is 0.263 e. The van der Waals surface area contributed by atoms with Crippen LogP contribution in [-0.2, 0) is 11.2 Å². The molecule has 0 aliphatic carbocycles. The van der Waals surface area contributed by atoms with E-state index in [0.29, 0.717) is 17.0 Å². The first kappa shape index (κ1) is 21.2. The van der Waals surface area contributed by atoms with E-state index in [-0.39, 0.29) is 24.8 Å². The predicted molar refractivity (Wildman–Crippen MR) is 121 cm³/mol. The number of amides is 2. The maximum atomic E-state index is 12.5. The van der Waals surface area contributed by atoms with E-state index in [4.69, 9.17) is 0 Å². The topological polar surface area (TPSA) is 71.1 Å². The van der Waals surface area contributed by atoms with Crippen molar-refractivity contribution in [2.24, 2.45) is 0 Å². The van der Waals surface area contributed by atoms with Crippen LogP contribution in [0.2, 0.25) is 0 Å². The quantitative estimate of drug-likeness (QED) is 0.516. The van der Waals surface area contributed by atoms with Crippen molar-refractivity contribution in [1.82, 2.24) is 10.3 Å². The standard InChI is InChI=1S/C22H22BrN3O2S/c1-14-8-9-17(23)13-18(14)26-19(27)10-11-24-22(28)21-15(2)25-20(29-21)12-16-6-4-3-5-7-16/h3-9,13H,10-12H2,1-2H3,(H,24,28)(H,26,27). The molecule has 150 valence electrons. The molecule has 0 bridgehead atoms. The third-order valence-corrected chi connectivity index (χ3v) is 6.01. The van der Waals surface area contributed by atoms with Crippen LogP contribution in [0.1, 0.15) is 37.9 Å². The highest BCUT2D eigenvalue weighted by Gasteiger charge is 2.16. The van der Waals surface area contributed by atoms with Crippen molar-refractivity contribution in [2.75, 3.05) is 11.9 Å². The van der Waals surface area contributed by atoms with E-state index in [1.165, 1.54) is 11.3 Å². The second-order valence-electron chi connectivity index (χ2n) is 6.70. The minimum absolute atomic E-state index is 0.141. The number of aryl methyl sites for hydroxylation is 2. The van der Waals surface area contributed by atoms with Gasteiger partial charge in [-0.25, -0.2) is 4.98 Å². The molecule has 3 rings (SSSR count). The van der Waals surface area contributed by atoms with E-state index in [1.54, 1.807) is 0 Å². The molecule has 3 aromatic rings. The number of aromatic nitrogens is 1. The maximum absolute atomic E-state index is 12.5. The number of thiazole rings is 1. The summed E-state index contributed by atoms with van der Waals surface area (Å²) in [7, 11) is 0. The number of hydrogen-bond donors (Lipinski definition) is 2. The van der Waals surface area contributed by atoms with Gasteiger partial charge in [0.2, 0.25) is 5.91 Å². The van der Waals surface area contributed by atoms with Gasteiger partial charge in [-0.3, -0.25) is 9.59 Å². The second-order valence-corrected chi connectivity index (χ2v) is 8.70. The van der Waals surface area contributed by atoms with Crippen molar-refractivity contribution < 1.29 is 9.59 Å². The summed E-state index contributed by atoms with van der Waals surface area (Å²) in [5.74, 6) is -0.331. The number of benzene rings is 2. The third-order valence-electron chi connectivity index (χ3n) is 4.36. The van der Waals surface area contributed by atoms with Gasteiger partial charge in [0.25, 0.3) is 5.91 Å². The lowest BCUT2D eigenvalue weighted by Crippen LogP contribution is -2.27.